The minimum atomic E-state index is -0.566. The van der Waals surface area contributed by atoms with Crippen molar-refractivity contribution >= 4 is 12.3 Å². The van der Waals surface area contributed by atoms with Gasteiger partial charge in [-0.15, -0.1) is 0 Å². The number of benzene rings is 1. The van der Waals surface area contributed by atoms with Gasteiger partial charge in [-0.1, -0.05) is 13.0 Å². The van der Waals surface area contributed by atoms with Gasteiger partial charge in [-0.3, -0.25) is 4.79 Å². The van der Waals surface area contributed by atoms with Crippen molar-refractivity contribution in [2.45, 2.75) is 13.3 Å². The van der Waals surface area contributed by atoms with E-state index in [2.05, 4.69) is 4.74 Å². The number of ether oxygens (including phenoxy) is 1. The molecular formula is C12H11NO3. The van der Waals surface area contributed by atoms with Crippen molar-refractivity contribution in [3.63, 3.8) is 0 Å². The molecule has 1 rings (SSSR count). The normalized spacial score (nSPS) is 9.31. The number of carbonyl (C=O) groups is 2. The summed E-state index contributed by atoms with van der Waals surface area (Å²) in [7, 11) is 1.25. The summed E-state index contributed by atoms with van der Waals surface area (Å²) in [6.45, 7) is 1.82. The predicted molar refractivity (Wildman–Crippen MR) is 57.3 cm³/mol. The van der Waals surface area contributed by atoms with Gasteiger partial charge in [0.1, 0.15) is 12.4 Å². The standard InChI is InChI=1S/C12H11NO3/c1-3-9-8(7-14)4-5-10(11(9)6-13)12(15)16-2/h4-5,7H,3H2,1-2H3. The lowest BCUT2D eigenvalue weighted by atomic mass is 9.95. The van der Waals surface area contributed by atoms with Crippen molar-refractivity contribution in [2.75, 3.05) is 7.11 Å². The second-order valence-corrected chi connectivity index (χ2v) is 3.13. The quantitative estimate of drug-likeness (QED) is 0.571. The molecular weight excluding hydrogens is 206 g/mol. The van der Waals surface area contributed by atoms with Crippen molar-refractivity contribution in [3.8, 4) is 6.07 Å². The zero-order valence-electron chi connectivity index (χ0n) is 9.11. The van der Waals surface area contributed by atoms with Gasteiger partial charge in [-0.25, -0.2) is 4.79 Å². The lowest BCUT2D eigenvalue weighted by Gasteiger charge is -2.08. The Morgan fingerprint density at radius 2 is 2.25 bits per heavy atom. The van der Waals surface area contributed by atoms with Gasteiger partial charge in [-0.2, -0.15) is 5.26 Å². The third kappa shape index (κ3) is 1.94. The number of aldehydes is 1. The molecule has 0 heterocycles. The van der Waals surface area contributed by atoms with Crippen molar-refractivity contribution in [3.05, 3.63) is 34.4 Å². The minimum absolute atomic E-state index is 0.201. The second-order valence-electron chi connectivity index (χ2n) is 3.13. The molecule has 0 atom stereocenters. The van der Waals surface area contributed by atoms with Gasteiger partial charge in [0.2, 0.25) is 0 Å². The maximum absolute atomic E-state index is 11.4. The number of hydrogen-bond acceptors (Lipinski definition) is 4. The van der Waals surface area contributed by atoms with E-state index in [0.717, 1.165) is 0 Å². The number of methoxy groups -OCH3 is 1. The molecule has 0 bridgehead atoms. The van der Waals surface area contributed by atoms with Gasteiger partial charge >= 0.3 is 5.97 Å². The van der Waals surface area contributed by atoms with E-state index in [1.54, 1.807) is 0 Å². The van der Waals surface area contributed by atoms with Crippen molar-refractivity contribution in [1.29, 1.82) is 5.26 Å². The first-order valence-corrected chi connectivity index (χ1v) is 4.79. The largest absolute Gasteiger partial charge is 0.465 e. The molecule has 0 fully saturated rings. The highest BCUT2D eigenvalue weighted by molar-refractivity contribution is 5.94. The van der Waals surface area contributed by atoms with Crippen LogP contribution in [0, 0.1) is 11.3 Å². The fourth-order valence-corrected chi connectivity index (χ4v) is 1.56. The third-order valence-corrected chi connectivity index (χ3v) is 2.35. The van der Waals surface area contributed by atoms with Crippen LogP contribution in [0.3, 0.4) is 0 Å². The van der Waals surface area contributed by atoms with Crippen LogP contribution in [0.5, 0.6) is 0 Å². The highest BCUT2D eigenvalue weighted by Gasteiger charge is 2.17. The first-order valence-electron chi connectivity index (χ1n) is 4.79. The first-order chi connectivity index (χ1) is 7.69. The van der Waals surface area contributed by atoms with Crippen LogP contribution in [0.1, 0.15) is 38.8 Å². The van der Waals surface area contributed by atoms with Crippen LogP contribution < -0.4 is 0 Å². The SMILES string of the molecule is CCc1c(C=O)ccc(C(=O)OC)c1C#N. The Morgan fingerprint density at radius 1 is 1.56 bits per heavy atom. The number of nitrogens with zero attached hydrogens (tertiary/aromatic N) is 1. The summed E-state index contributed by atoms with van der Waals surface area (Å²) in [5.74, 6) is -0.566. The Hall–Kier alpha value is -2.15. The summed E-state index contributed by atoms with van der Waals surface area (Å²) < 4.78 is 4.57. The molecule has 4 nitrogen and oxygen atoms in total. The summed E-state index contributed by atoms with van der Waals surface area (Å²) in [6.07, 6.45) is 1.20. The van der Waals surface area contributed by atoms with Crippen molar-refractivity contribution in [2.24, 2.45) is 0 Å². The molecule has 0 aliphatic rings. The summed E-state index contributed by atoms with van der Waals surface area (Å²) in [5.41, 5.74) is 1.44. The zero-order valence-corrected chi connectivity index (χ0v) is 9.11. The van der Waals surface area contributed by atoms with Gasteiger partial charge in [-0.05, 0) is 18.1 Å². The van der Waals surface area contributed by atoms with E-state index in [1.807, 2.05) is 13.0 Å². The van der Waals surface area contributed by atoms with E-state index in [9.17, 15) is 9.59 Å². The topological polar surface area (TPSA) is 67.2 Å². The summed E-state index contributed by atoms with van der Waals surface area (Å²) >= 11 is 0. The van der Waals surface area contributed by atoms with Crippen LogP contribution in [0.25, 0.3) is 0 Å². The molecule has 0 radical (unpaired) electrons. The van der Waals surface area contributed by atoms with Crippen molar-refractivity contribution in [1.82, 2.24) is 0 Å². The third-order valence-electron chi connectivity index (χ3n) is 2.35. The minimum Gasteiger partial charge on any atom is -0.465 e. The molecule has 0 saturated heterocycles. The summed E-state index contributed by atoms with van der Waals surface area (Å²) in [4.78, 5) is 22.2. The van der Waals surface area contributed by atoms with E-state index < -0.39 is 5.97 Å². The Bertz CT molecular complexity index is 472. The highest BCUT2D eigenvalue weighted by atomic mass is 16.5. The molecule has 82 valence electrons. The Labute approximate surface area is 93.5 Å². The van der Waals surface area contributed by atoms with Crippen LogP contribution in [0.15, 0.2) is 12.1 Å². The average Bonchev–Trinajstić information content (AvgIpc) is 2.35. The van der Waals surface area contributed by atoms with Crippen LogP contribution in [0.2, 0.25) is 0 Å². The highest BCUT2D eigenvalue weighted by Crippen LogP contribution is 2.19. The van der Waals surface area contributed by atoms with Crippen LogP contribution in [-0.4, -0.2) is 19.4 Å². The Balaban J connectivity index is 3.50. The predicted octanol–water partition coefficient (Wildman–Crippen LogP) is 1.72. The van der Waals surface area contributed by atoms with E-state index in [4.69, 9.17) is 5.26 Å². The van der Waals surface area contributed by atoms with E-state index in [1.165, 1.54) is 19.2 Å². The molecule has 16 heavy (non-hydrogen) atoms. The lowest BCUT2D eigenvalue weighted by Crippen LogP contribution is -2.08. The molecule has 0 aromatic heterocycles. The average molecular weight is 217 g/mol. The summed E-state index contributed by atoms with van der Waals surface area (Å²) in [5, 5.41) is 9.02. The zero-order chi connectivity index (χ0) is 12.1. The molecule has 4 heteroatoms. The van der Waals surface area contributed by atoms with E-state index in [-0.39, 0.29) is 11.1 Å². The number of nitriles is 1. The Kier molecular flexibility index (Phi) is 3.78. The molecule has 1 aromatic carbocycles. The monoisotopic (exact) mass is 217 g/mol. The molecule has 0 saturated carbocycles. The maximum Gasteiger partial charge on any atom is 0.339 e. The molecule has 0 aliphatic carbocycles. The first kappa shape index (κ1) is 11.9. The van der Waals surface area contributed by atoms with Crippen molar-refractivity contribution < 1.29 is 14.3 Å². The van der Waals surface area contributed by atoms with E-state index in [0.29, 0.717) is 23.8 Å². The smallest absolute Gasteiger partial charge is 0.339 e. The van der Waals surface area contributed by atoms with Gasteiger partial charge in [0.25, 0.3) is 0 Å². The van der Waals surface area contributed by atoms with Gasteiger partial charge < -0.3 is 4.74 Å². The molecule has 0 spiro atoms. The van der Waals surface area contributed by atoms with Gasteiger partial charge in [0.05, 0.1) is 18.2 Å². The Morgan fingerprint density at radius 3 is 2.69 bits per heavy atom. The summed E-state index contributed by atoms with van der Waals surface area (Å²) in [6, 6.07) is 4.91. The van der Waals surface area contributed by atoms with E-state index >= 15 is 0 Å². The lowest BCUT2D eigenvalue weighted by molar-refractivity contribution is 0.0600. The fraction of sp³-hybridized carbons (Fsp3) is 0.250. The molecule has 1 aromatic rings. The molecule has 0 N–H and O–H groups in total. The molecule has 0 aliphatic heterocycles. The van der Waals surface area contributed by atoms with Crippen LogP contribution in [0.4, 0.5) is 0 Å². The fourth-order valence-electron chi connectivity index (χ4n) is 1.56. The van der Waals surface area contributed by atoms with Gasteiger partial charge in [0, 0.05) is 5.56 Å². The molecule has 0 unspecified atom stereocenters. The number of esters is 1. The van der Waals surface area contributed by atoms with Crippen LogP contribution >= 0.6 is 0 Å². The molecule has 0 amide bonds. The maximum atomic E-state index is 11.4. The second kappa shape index (κ2) is 5.08. The van der Waals surface area contributed by atoms with Crippen LogP contribution in [-0.2, 0) is 11.2 Å². The number of carbonyl (C=O) groups excluding carboxylic acids is 2. The van der Waals surface area contributed by atoms with Gasteiger partial charge in [0.15, 0.2) is 0 Å². The number of hydrogen-bond donors (Lipinski definition) is 0. The number of rotatable bonds is 3.